The summed E-state index contributed by atoms with van der Waals surface area (Å²) < 4.78 is 0. The van der Waals surface area contributed by atoms with Crippen LogP contribution in [0.25, 0.3) is 0 Å². The molecule has 0 aromatic rings. The second kappa shape index (κ2) is 9.01. The number of rotatable bonds is 12. The van der Waals surface area contributed by atoms with Gasteiger partial charge in [-0.05, 0) is 58.0 Å². The normalized spacial score (nSPS) is 18.8. The van der Waals surface area contributed by atoms with Gasteiger partial charge in [-0.15, -0.1) is 0 Å². The van der Waals surface area contributed by atoms with Gasteiger partial charge in [0.1, 0.15) is 0 Å². The Morgan fingerprint density at radius 1 is 1.30 bits per heavy atom. The Morgan fingerprint density at radius 3 is 2.50 bits per heavy atom. The SMILES string of the molecule is CCCNC(C)(CO)CCCCN(CC(C)C)C1CC1. The maximum atomic E-state index is 9.56. The molecule has 1 fully saturated rings. The summed E-state index contributed by atoms with van der Waals surface area (Å²) in [4.78, 5) is 2.68. The maximum Gasteiger partial charge on any atom is 0.0610 e. The van der Waals surface area contributed by atoms with Gasteiger partial charge in [-0.1, -0.05) is 27.2 Å². The van der Waals surface area contributed by atoms with E-state index in [1.807, 2.05) is 0 Å². The van der Waals surface area contributed by atoms with Crippen molar-refractivity contribution >= 4 is 0 Å². The van der Waals surface area contributed by atoms with E-state index in [9.17, 15) is 5.11 Å². The molecule has 0 aromatic carbocycles. The minimum atomic E-state index is -0.0849. The summed E-state index contributed by atoms with van der Waals surface area (Å²) in [5, 5.41) is 13.1. The van der Waals surface area contributed by atoms with Gasteiger partial charge in [-0.2, -0.15) is 0 Å². The van der Waals surface area contributed by atoms with Crippen molar-refractivity contribution in [2.45, 2.75) is 77.8 Å². The molecule has 0 radical (unpaired) electrons. The van der Waals surface area contributed by atoms with Crippen LogP contribution < -0.4 is 5.32 Å². The fraction of sp³-hybridized carbons (Fsp3) is 1.00. The van der Waals surface area contributed by atoms with E-state index in [-0.39, 0.29) is 12.1 Å². The van der Waals surface area contributed by atoms with E-state index in [4.69, 9.17) is 0 Å². The minimum absolute atomic E-state index is 0.0849. The molecule has 1 unspecified atom stereocenters. The van der Waals surface area contributed by atoms with Crippen LogP contribution in [0, 0.1) is 5.92 Å². The molecule has 20 heavy (non-hydrogen) atoms. The maximum absolute atomic E-state index is 9.56. The molecular formula is C17H36N2O. The molecule has 0 heterocycles. The first kappa shape index (κ1) is 17.9. The zero-order valence-corrected chi connectivity index (χ0v) is 14.1. The number of aliphatic hydroxyl groups excluding tert-OH is 1. The lowest BCUT2D eigenvalue weighted by Crippen LogP contribution is -2.46. The predicted molar refractivity (Wildman–Crippen MR) is 87.1 cm³/mol. The van der Waals surface area contributed by atoms with E-state index in [2.05, 4.69) is 37.9 Å². The lowest BCUT2D eigenvalue weighted by Gasteiger charge is -2.30. The van der Waals surface area contributed by atoms with Crippen LogP contribution in [0.1, 0.15) is 66.2 Å². The molecule has 1 atom stereocenters. The van der Waals surface area contributed by atoms with Crippen LogP contribution in [0.15, 0.2) is 0 Å². The van der Waals surface area contributed by atoms with Crippen molar-refractivity contribution in [2.75, 3.05) is 26.2 Å². The zero-order chi connectivity index (χ0) is 15.0. The van der Waals surface area contributed by atoms with Crippen LogP contribution >= 0.6 is 0 Å². The molecule has 0 aliphatic heterocycles. The van der Waals surface area contributed by atoms with Crippen molar-refractivity contribution in [3.8, 4) is 0 Å². The van der Waals surface area contributed by atoms with Gasteiger partial charge < -0.3 is 15.3 Å². The molecule has 0 aromatic heterocycles. The van der Waals surface area contributed by atoms with Gasteiger partial charge in [0.05, 0.1) is 6.61 Å². The van der Waals surface area contributed by atoms with Crippen LogP contribution in [0.5, 0.6) is 0 Å². The van der Waals surface area contributed by atoms with E-state index < -0.39 is 0 Å². The topological polar surface area (TPSA) is 35.5 Å². The second-order valence-electron chi connectivity index (χ2n) is 7.22. The second-order valence-corrected chi connectivity index (χ2v) is 7.22. The number of nitrogens with zero attached hydrogens (tertiary/aromatic N) is 1. The van der Waals surface area contributed by atoms with Crippen molar-refractivity contribution in [3.05, 3.63) is 0 Å². The third-order valence-electron chi connectivity index (χ3n) is 4.24. The molecule has 0 amide bonds. The summed E-state index contributed by atoms with van der Waals surface area (Å²) in [5.74, 6) is 0.768. The van der Waals surface area contributed by atoms with E-state index in [1.54, 1.807) is 0 Å². The predicted octanol–water partition coefficient (Wildman–Crippen LogP) is 3.03. The van der Waals surface area contributed by atoms with Gasteiger partial charge in [0.2, 0.25) is 0 Å². The molecule has 0 saturated heterocycles. The van der Waals surface area contributed by atoms with Crippen molar-refractivity contribution in [3.63, 3.8) is 0 Å². The fourth-order valence-electron chi connectivity index (χ4n) is 2.81. The Kier molecular flexibility index (Phi) is 8.08. The number of unbranched alkanes of at least 4 members (excludes halogenated alkanes) is 1. The molecule has 120 valence electrons. The smallest absolute Gasteiger partial charge is 0.0610 e. The average Bonchev–Trinajstić information content (AvgIpc) is 3.24. The summed E-state index contributed by atoms with van der Waals surface area (Å²) in [6.07, 6.45) is 7.46. The average molecular weight is 284 g/mol. The monoisotopic (exact) mass is 284 g/mol. The first-order valence-electron chi connectivity index (χ1n) is 8.60. The van der Waals surface area contributed by atoms with Gasteiger partial charge in [0, 0.05) is 18.1 Å². The molecule has 1 saturated carbocycles. The molecule has 2 N–H and O–H groups in total. The van der Waals surface area contributed by atoms with E-state index in [1.165, 1.54) is 38.8 Å². The number of aliphatic hydroxyl groups is 1. The molecule has 1 aliphatic rings. The van der Waals surface area contributed by atoms with Gasteiger partial charge in [0.15, 0.2) is 0 Å². The highest BCUT2D eigenvalue weighted by atomic mass is 16.3. The summed E-state index contributed by atoms with van der Waals surface area (Å²) >= 11 is 0. The Morgan fingerprint density at radius 2 is 2.00 bits per heavy atom. The Labute approximate surface area is 126 Å². The van der Waals surface area contributed by atoms with Crippen molar-refractivity contribution in [1.29, 1.82) is 0 Å². The molecule has 0 bridgehead atoms. The lowest BCUT2D eigenvalue weighted by molar-refractivity contribution is 0.159. The van der Waals surface area contributed by atoms with E-state index in [0.717, 1.165) is 31.3 Å². The molecular weight excluding hydrogens is 248 g/mol. The molecule has 0 spiro atoms. The Balaban J connectivity index is 2.21. The standard InChI is InChI=1S/C17H36N2O/c1-5-11-18-17(4,14-20)10-6-7-12-19(13-15(2)3)16-8-9-16/h15-16,18,20H,5-14H2,1-4H3. The summed E-state index contributed by atoms with van der Waals surface area (Å²) in [7, 11) is 0. The third-order valence-corrected chi connectivity index (χ3v) is 4.24. The molecule has 3 heteroatoms. The van der Waals surface area contributed by atoms with Crippen molar-refractivity contribution in [1.82, 2.24) is 10.2 Å². The van der Waals surface area contributed by atoms with Gasteiger partial charge in [-0.3, -0.25) is 0 Å². The number of hydrogen-bond donors (Lipinski definition) is 2. The van der Waals surface area contributed by atoms with Crippen LogP contribution in [0.3, 0.4) is 0 Å². The summed E-state index contributed by atoms with van der Waals surface area (Å²) in [6.45, 7) is 12.7. The van der Waals surface area contributed by atoms with E-state index >= 15 is 0 Å². The molecule has 1 rings (SSSR count). The number of hydrogen-bond acceptors (Lipinski definition) is 3. The first-order chi connectivity index (χ1) is 9.50. The van der Waals surface area contributed by atoms with E-state index in [0.29, 0.717) is 0 Å². The van der Waals surface area contributed by atoms with Crippen molar-refractivity contribution < 1.29 is 5.11 Å². The minimum Gasteiger partial charge on any atom is -0.394 e. The van der Waals surface area contributed by atoms with Crippen LogP contribution in [-0.4, -0.2) is 47.8 Å². The highest BCUT2D eigenvalue weighted by molar-refractivity contribution is 4.86. The molecule has 1 aliphatic carbocycles. The van der Waals surface area contributed by atoms with Gasteiger partial charge in [0.25, 0.3) is 0 Å². The fourth-order valence-corrected chi connectivity index (χ4v) is 2.81. The first-order valence-corrected chi connectivity index (χ1v) is 8.60. The van der Waals surface area contributed by atoms with Gasteiger partial charge >= 0.3 is 0 Å². The summed E-state index contributed by atoms with van der Waals surface area (Å²) in [5.41, 5.74) is -0.0849. The summed E-state index contributed by atoms with van der Waals surface area (Å²) in [6, 6.07) is 0.875. The number of nitrogens with one attached hydrogen (secondary N) is 1. The molecule has 3 nitrogen and oxygen atoms in total. The van der Waals surface area contributed by atoms with Crippen LogP contribution in [-0.2, 0) is 0 Å². The third kappa shape index (κ3) is 7.05. The Bertz CT molecular complexity index is 253. The largest absolute Gasteiger partial charge is 0.394 e. The highest BCUT2D eigenvalue weighted by Gasteiger charge is 2.29. The lowest BCUT2D eigenvalue weighted by atomic mass is 9.95. The van der Waals surface area contributed by atoms with Crippen LogP contribution in [0.4, 0.5) is 0 Å². The highest BCUT2D eigenvalue weighted by Crippen LogP contribution is 2.28. The van der Waals surface area contributed by atoms with Crippen LogP contribution in [0.2, 0.25) is 0 Å². The quantitative estimate of drug-likeness (QED) is 0.541. The van der Waals surface area contributed by atoms with Gasteiger partial charge in [-0.25, -0.2) is 0 Å². The Hall–Kier alpha value is -0.120. The van der Waals surface area contributed by atoms with Crippen molar-refractivity contribution in [2.24, 2.45) is 5.92 Å². The zero-order valence-electron chi connectivity index (χ0n) is 14.1.